The molecule has 1 aromatic carbocycles. The molecule has 3 nitrogen and oxygen atoms in total. The van der Waals surface area contributed by atoms with E-state index in [1.807, 2.05) is 25.1 Å². The number of nitrogens with zero attached hydrogens (tertiary/aromatic N) is 1. The van der Waals surface area contributed by atoms with Crippen molar-refractivity contribution in [2.24, 2.45) is 0 Å². The van der Waals surface area contributed by atoms with Gasteiger partial charge in [-0.2, -0.15) is 0 Å². The Morgan fingerprint density at radius 1 is 1.19 bits per heavy atom. The Morgan fingerprint density at radius 3 is 2.56 bits per heavy atom. The lowest BCUT2D eigenvalue weighted by Crippen LogP contribution is -2.29. The minimum Gasteiger partial charge on any atom is -0.396 e. The van der Waals surface area contributed by atoms with Crippen molar-refractivity contribution < 1.29 is 9.84 Å². The van der Waals surface area contributed by atoms with Crippen LogP contribution < -0.4 is 4.90 Å². The van der Waals surface area contributed by atoms with Crippen molar-refractivity contribution in [2.75, 3.05) is 37.8 Å². The van der Waals surface area contributed by atoms with Crippen molar-refractivity contribution >= 4 is 5.69 Å². The maximum Gasteiger partial charge on any atom is 0.0641 e. The van der Waals surface area contributed by atoms with Crippen molar-refractivity contribution in [2.45, 2.75) is 13.3 Å². The molecule has 0 unspecified atom stereocenters. The van der Waals surface area contributed by atoms with Gasteiger partial charge in [0, 0.05) is 32.0 Å². The zero-order chi connectivity index (χ0) is 11.6. The van der Waals surface area contributed by atoms with Gasteiger partial charge in [0.25, 0.3) is 0 Å². The zero-order valence-corrected chi connectivity index (χ0v) is 9.93. The Kier molecular flexibility index (Phi) is 6.61. The summed E-state index contributed by atoms with van der Waals surface area (Å²) in [7, 11) is 0. The van der Waals surface area contributed by atoms with Crippen LogP contribution in [-0.2, 0) is 4.74 Å². The molecule has 1 N–H and O–H groups in total. The highest BCUT2D eigenvalue weighted by atomic mass is 16.5. The van der Waals surface area contributed by atoms with Gasteiger partial charge < -0.3 is 14.7 Å². The summed E-state index contributed by atoms with van der Waals surface area (Å²) in [5.41, 5.74) is 1.19. The fourth-order valence-electron chi connectivity index (χ4n) is 1.59. The molecule has 0 amide bonds. The number of hydrogen-bond acceptors (Lipinski definition) is 3. The molecule has 0 saturated heterocycles. The molecule has 1 aromatic rings. The molecule has 3 heteroatoms. The Morgan fingerprint density at radius 2 is 1.94 bits per heavy atom. The largest absolute Gasteiger partial charge is 0.396 e. The van der Waals surface area contributed by atoms with Gasteiger partial charge in [0.2, 0.25) is 0 Å². The summed E-state index contributed by atoms with van der Waals surface area (Å²) in [5.74, 6) is 0. The Bertz CT molecular complexity index is 264. The summed E-state index contributed by atoms with van der Waals surface area (Å²) in [6.45, 7) is 5.46. The van der Waals surface area contributed by atoms with Crippen LogP contribution in [0.4, 0.5) is 5.69 Å². The van der Waals surface area contributed by atoms with Gasteiger partial charge in [0.05, 0.1) is 6.61 Å². The number of para-hydroxylation sites is 1. The number of hydrogen-bond donors (Lipinski definition) is 1. The highest BCUT2D eigenvalue weighted by molar-refractivity contribution is 5.45. The fraction of sp³-hybridized carbons (Fsp3) is 0.538. The van der Waals surface area contributed by atoms with Gasteiger partial charge in [-0.3, -0.25) is 0 Å². The van der Waals surface area contributed by atoms with Gasteiger partial charge in [0.15, 0.2) is 0 Å². The van der Waals surface area contributed by atoms with Crippen LogP contribution in [-0.4, -0.2) is 38.0 Å². The minimum absolute atomic E-state index is 0.234. The monoisotopic (exact) mass is 223 g/mol. The number of aliphatic hydroxyl groups excluding tert-OH is 1. The van der Waals surface area contributed by atoms with Crippen molar-refractivity contribution in [3.8, 4) is 0 Å². The smallest absolute Gasteiger partial charge is 0.0641 e. The third-order valence-corrected chi connectivity index (χ3v) is 2.42. The molecule has 0 aliphatic carbocycles. The first-order valence-electron chi connectivity index (χ1n) is 5.87. The van der Waals surface area contributed by atoms with Gasteiger partial charge in [-0.1, -0.05) is 18.2 Å². The van der Waals surface area contributed by atoms with E-state index >= 15 is 0 Å². The number of aliphatic hydroxyl groups is 1. The van der Waals surface area contributed by atoms with E-state index in [1.165, 1.54) is 5.69 Å². The van der Waals surface area contributed by atoms with Gasteiger partial charge in [0.1, 0.15) is 0 Å². The van der Waals surface area contributed by atoms with Crippen molar-refractivity contribution in [3.05, 3.63) is 30.3 Å². The molecule has 0 bridgehead atoms. The molecule has 0 aliphatic rings. The van der Waals surface area contributed by atoms with E-state index in [0.29, 0.717) is 0 Å². The average Bonchev–Trinajstić information content (AvgIpc) is 2.35. The zero-order valence-electron chi connectivity index (χ0n) is 9.93. The van der Waals surface area contributed by atoms with Crippen LogP contribution in [0.3, 0.4) is 0 Å². The molecule has 0 aromatic heterocycles. The summed E-state index contributed by atoms with van der Waals surface area (Å²) >= 11 is 0. The first-order chi connectivity index (χ1) is 7.88. The summed E-state index contributed by atoms with van der Waals surface area (Å²) < 4.78 is 5.36. The van der Waals surface area contributed by atoms with Crippen LogP contribution in [0, 0.1) is 0 Å². The molecule has 0 aliphatic heterocycles. The molecule has 0 fully saturated rings. The number of rotatable bonds is 8. The molecular formula is C13H21NO2. The molecule has 0 radical (unpaired) electrons. The molecule has 0 atom stereocenters. The maximum atomic E-state index is 8.88. The van der Waals surface area contributed by atoms with E-state index in [4.69, 9.17) is 9.84 Å². The van der Waals surface area contributed by atoms with Crippen molar-refractivity contribution in [3.63, 3.8) is 0 Å². The minimum atomic E-state index is 0.234. The third kappa shape index (κ3) is 4.64. The first kappa shape index (κ1) is 13.0. The second kappa shape index (κ2) is 8.13. The average molecular weight is 223 g/mol. The second-order valence-corrected chi connectivity index (χ2v) is 3.60. The summed E-state index contributed by atoms with van der Waals surface area (Å²) in [4.78, 5) is 2.24. The fourth-order valence-corrected chi connectivity index (χ4v) is 1.59. The normalized spacial score (nSPS) is 10.4. The SMILES string of the molecule is CCOCCN(CCCO)c1ccccc1. The van der Waals surface area contributed by atoms with Crippen LogP contribution in [0.15, 0.2) is 30.3 Å². The van der Waals surface area contributed by atoms with Gasteiger partial charge in [-0.25, -0.2) is 0 Å². The van der Waals surface area contributed by atoms with Crippen molar-refractivity contribution in [1.29, 1.82) is 0 Å². The van der Waals surface area contributed by atoms with E-state index in [0.717, 1.165) is 32.7 Å². The predicted molar refractivity (Wildman–Crippen MR) is 66.9 cm³/mol. The van der Waals surface area contributed by atoms with Crippen molar-refractivity contribution in [1.82, 2.24) is 0 Å². The Labute approximate surface area is 97.7 Å². The topological polar surface area (TPSA) is 32.7 Å². The molecular weight excluding hydrogens is 202 g/mol. The second-order valence-electron chi connectivity index (χ2n) is 3.60. The maximum absolute atomic E-state index is 8.88. The number of anilines is 1. The predicted octanol–water partition coefficient (Wildman–Crippen LogP) is 1.91. The quantitative estimate of drug-likeness (QED) is 0.683. The molecule has 0 spiro atoms. The summed E-state index contributed by atoms with van der Waals surface area (Å²) in [5, 5.41) is 8.88. The molecule has 16 heavy (non-hydrogen) atoms. The molecule has 90 valence electrons. The molecule has 1 rings (SSSR count). The van der Waals surface area contributed by atoms with Gasteiger partial charge in [-0.05, 0) is 25.5 Å². The van der Waals surface area contributed by atoms with Gasteiger partial charge >= 0.3 is 0 Å². The van der Waals surface area contributed by atoms with Gasteiger partial charge in [-0.15, -0.1) is 0 Å². The highest BCUT2D eigenvalue weighted by Gasteiger charge is 2.04. The van der Waals surface area contributed by atoms with Crippen LogP contribution >= 0.6 is 0 Å². The van der Waals surface area contributed by atoms with E-state index in [1.54, 1.807) is 0 Å². The van der Waals surface area contributed by atoms with E-state index in [2.05, 4.69) is 17.0 Å². The summed E-state index contributed by atoms with van der Waals surface area (Å²) in [6.07, 6.45) is 0.793. The van der Waals surface area contributed by atoms with Crippen LogP contribution in [0.5, 0.6) is 0 Å². The Hall–Kier alpha value is -1.06. The molecule has 0 saturated carbocycles. The summed E-state index contributed by atoms with van der Waals surface area (Å²) in [6, 6.07) is 10.2. The lowest BCUT2D eigenvalue weighted by Gasteiger charge is -2.24. The van der Waals surface area contributed by atoms with E-state index in [9.17, 15) is 0 Å². The first-order valence-corrected chi connectivity index (χ1v) is 5.87. The third-order valence-electron chi connectivity index (χ3n) is 2.42. The van der Waals surface area contributed by atoms with Crippen LogP contribution in [0.25, 0.3) is 0 Å². The number of benzene rings is 1. The highest BCUT2D eigenvalue weighted by Crippen LogP contribution is 2.12. The number of ether oxygens (including phenoxy) is 1. The van der Waals surface area contributed by atoms with Crippen LogP contribution in [0.2, 0.25) is 0 Å². The van der Waals surface area contributed by atoms with Crippen LogP contribution in [0.1, 0.15) is 13.3 Å². The molecule has 0 heterocycles. The standard InChI is InChI=1S/C13H21NO2/c1-2-16-12-10-14(9-6-11-15)13-7-4-3-5-8-13/h3-5,7-8,15H,2,6,9-12H2,1H3. The Balaban J connectivity index is 2.49. The van der Waals surface area contributed by atoms with E-state index < -0.39 is 0 Å². The lowest BCUT2D eigenvalue weighted by atomic mass is 10.2. The van der Waals surface area contributed by atoms with E-state index in [-0.39, 0.29) is 6.61 Å². The lowest BCUT2D eigenvalue weighted by molar-refractivity contribution is 0.153.